The van der Waals surface area contributed by atoms with Crippen LogP contribution in [0.25, 0.3) is 0 Å². The van der Waals surface area contributed by atoms with E-state index in [1.165, 1.54) is 24.3 Å². The minimum absolute atomic E-state index is 0.0564. The minimum Gasteiger partial charge on any atom is -0.616 e. The monoisotopic (exact) mass is 783 g/mol. The van der Waals surface area contributed by atoms with Gasteiger partial charge in [-0.2, -0.15) is 13.2 Å². The van der Waals surface area contributed by atoms with Gasteiger partial charge in [0.15, 0.2) is 11.6 Å². The normalized spacial score (nSPS) is 17.7. The lowest BCUT2D eigenvalue weighted by Gasteiger charge is -2.15. The van der Waals surface area contributed by atoms with Crippen molar-refractivity contribution >= 4 is 116 Å². The number of halogens is 11. The Balaban J connectivity index is 1.47. The fourth-order valence-electron chi connectivity index (χ4n) is 4.33. The maximum Gasteiger partial charge on any atom is 0.433 e. The lowest BCUT2D eigenvalue weighted by atomic mass is 10.1. The number of amides is 3. The molecule has 1 unspecified atom stereocenters. The summed E-state index contributed by atoms with van der Waals surface area (Å²) in [4.78, 5) is 38.1. The molecule has 1 fully saturated rings. The van der Waals surface area contributed by atoms with E-state index in [0.717, 1.165) is 12.1 Å². The molecule has 0 radical (unpaired) electrons. The third kappa shape index (κ3) is 8.43. The number of benzene rings is 3. The molecule has 3 amide bonds. The van der Waals surface area contributed by atoms with Gasteiger partial charge in [-0.15, -0.1) is 23.2 Å². The quantitative estimate of drug-likeness (QED) is 0.0874. The SMILES string of the molecule is O=C(C[S+]([O-])CC(F)(F)F)Nc1c(F)ccc(NC(=O)c2cc(NC(=O)[C@H]3[C@H](c4cc(Cl)c(Cl)c(Cl)c4)C3(Cl)Cl)ccc2Cl)c1F. The van der Waals surface area contributed by atoms with Crippen LogP contribution >= 0.6 is 69.6 Å². The van der Waals surface area contributed by atoms with Gasteiger partial charge in [0, 0.05) is 11.6 Å². The molecule has 3 aromatic carbocycles. The molecule has 0 spiro atoms. The van der Waals surface area contributed by atoms with E-state index in [-0.39, 0.29) is 31.3 Å². The van der Waals surface area contributed by atoms with E-state index in [2.05, 4.69) is 10.6 Å². The van der Waals surface area contributed by atoms with Crippen LogP contribution in [0.2, 0.25) is 20.1 Å². The van der Waals surface area contributed by atoms with Crippen molar-refractivity contribution in [3.63, 3.8) is 0 Å². The van der Waals surface area contributed by atoms with Crippen molar-refractivity contribution in [2.45, 2.75) is 16.4 Å². The number of hydrogen-bond acceptors (Lipinski definition) is 4. The third-order valence-corrected chi connectivity index (χ3v) is 10.1. The Morgan fingerprint density at radius 2 is 1.52 bits per heavy atom. The number of hydrogen-bond donors (Lipinski definition) is 3. The van der Waals surface area contributed by atoms with Gasteiger partial charge in [-0.3, -0.25) is 14.4 Å². The minimum atomic E-state index is -4.83. The Morgan fingerprint density at radius 3 is 2.13 bits per heavy atom. The van der Waals surface area contributed by atoms with E-state index in [4.69, 9.17) is 69.6 Å². The second-order valence-corrected chi connectivity index (χ2v) is 14.2. The lowest BCUT2D eigenvalue weighted by molar-refractivity contribution is -0.117. The standard InChI is InChI=1S/C27H16Cl6F5N3O4S/c28-13-2-1-11(39-25(44)20-19(27(20,32)33)10-5-14(29)21(31)15(30)6-10)7-12(13)24(43)40-17-4-3-16(34)23(22(17)35)41-18(42)8-46(45)9-26(36,37)38/h1-7,19-20H,8-9H2,(H,39,44)(H,40,43)(H,41,42)/t19-,20+,46?/m0/s1. The molecule has 4 rings (SSSR count). The Labute approximate surface area is 290 Å². The van der Waals surface area contributed by atoms with E-state index in [9.17, 15) is 36.5 Å². The molecule has 3 aromatic rings. The maximum absolute atomic E-state index is 15.1. The molecule has 0 bridgehead atoms. The Kier molecular flexibility index (Phi) is 11.2. The van der Waals surface area contributed by atoms with Crippen LogP contribution < -0.4 is 16.0 Å². The highest BCUT2D eigenvalue weighted by atomic mass is 35.5. The van der Waals surface area contributed by atoms with Gasteiger partial charge in [-0.25, -0.2) is 8.78 Å². The zero-order chi connectivity index (χ0) is 34.3. The summed E-state index contributed by atoms with van der Waals surface area (Å²) in [6.07, 6.45) is -4.83. The molecule has 3 N–H and O–H groups in total. The first-order chi connectivity index (χ1) is 21.3. The van der Waals surface area contributed by atoms with E-state index in [0.29, 0.717) is 11.6 Å². The van der Waals surface area contributed by atoms with Gasteiger partial charge in [0.2, 0.25) is 11.7 Å². The number of anilines is 3. The molecule has 7 nitrogen and oxygen atoms in total. The van der Waals surface area contributed by atoms with Gasteiger partial charge >= 0.3 is 6.18 Å². The predicted molar refractivity (Wildman–Crippen MR) is 169 cm³/mol. The average Bonchev–Trinajstić information content (AvgIpc) is 3.52. The van der Waals surface area contributed by atoms with Gasteiger partial charge in [-0.1, -0.05) is 46.4 Å². The average molecular weight is 786 g/mol. The van der Waals surface area contributed by atoms with Crippen LogP contribution in [-0.4, -0.2) is 44.3 Å². The Bertz CT molecular complexity index is 1710. The zero-order valence-corrected chi connectivity index (χ0v) is 27.7. The summed E-state index contributed by atoms with van der Waals surface area (Å²) >= 11 is 34.4. The van der Waals surface area contributed by atoms with E-state index < -0.39 is 85.8 Å². The topological polar surface area (TPSA) is 110 Å². The molecular formula is C27H16Cl6F5N3O4S. The summed E-state index contributed by atoms with van der Waals surface area (Å²) in [6, 6.07) is 8.16. The van der Waals surface area contributed by atoms with Crippen LogP contribution in [0.3, 0.4) is 0 Å². The molecule has 3 atom stereocenters. The molecule has 0 aromatic heterocycles. The fraction of sp³-hybridized carbons (Fsp3) is 0.222. The first kappa shape index (κ1) is 36.6. The maximum atomic E-state index is 15.1. The van der Waals surface area contributed by atoms with Crippen LogP contribution in [0, 0.1) is 17.6 Å². The number of rotatable bonds is 9. The van der Waals surface area contributed by atoms with Crippen molar-refractivity contribution in [3.8, 4) is 0 Å². The van der Waals surface area contributed by atoms with E-state index >= 15 is 4.39 Å². The summed E-state index contributed by atoms with van der Waals surface area (Å²) in [6.45, 7) is 0. The lowest BCUT2D eigenvalue weighted by Crippen LogP contribution is -2.31. The fourth-order valence-corrected chi connectivity index (χ4v) is 6.80. The molecule has 46 heavy (non-hydrogen) atoms. The van der Waals surface area contributed by atoms with Crippen molar-refractivity contribution in [2.24, 2.45) is 5.92 Å². The van der Waals surface area contributed by atoms with E-state index in [1.54, 1.807) is 5.32 Å². The number of carbonyl (C=O) groups is 3. The summed E-state index contributed by atoms with van der Waals surface area (Å²) in [7, 11) is 0. The van der Waals surface area contributed by atoms with Crippen molar-refractivity contribution in [2.75, 3.05) is 27.5 Å². The zero-order valence-electron chi connectivity index (χ0n) is 22.3. The van der Waals surface area contributed by atoms with Crippen LogP contribution in [0.4, 0.5) is 39.0 Å². The van der Waals surface area contributed by atoms with Gasteiger partial charge in [0.05, 0.1) is 37.3 Å². The van der Waals surface area contributed by atoms with Gasteiger partial charge in [0.1, 0.15) is 15.8 Å². The summed E-state index contributed by atoms with van der Waals surface area (Å²) in [5.74, 6) is -10.6. The Morgan fingerprint density at radius 1 is 0.891 bits per heavy atom. The van der Waals surface area contributed by atoms with Gasteiger partial charge in [0.25, 0.3) is 11.8 Å². The second-order valence-electron chi connectivity index (χ2n) is 9.74. The number of alkyl halides is 5. The van der Waals surface area contributed by atoms with Crippen molar-refractivity contribution < 1.29 is 40.9 Å². The van der Waals surface area contributed by atoms with Crippen molar-refractivity contribution in [1.82, 2.24) is 0 Å². The highest BCUT2D eigenvalue weighted by Crippen LogP contribution is 2.65. The van der Waals surface area contributed by atoms with Crippen molar-refractivity contribution in [3.05, 3.63) is 85.3 Å². The first-order valence-electron chi connectivity index (χ1n) is 12.4. The molecular weight excluding hydrogens is 770 g/mol. The molecule has 246 valence electrons. The number of nitrogens with one attached hydrogen (secondary N) is 3. The summed E-state index contributed by atoms with van der Waals surface area (Å²) in [5.41, 5.74) is -1.53. The van der Waals surface area contributed by atoms with Crippen LogP contribution in [0.15, 0.2) is 42.5 Å². The van der Waals surface area contributed by atoms with Crippen molar-refractivity contribution in [1.29, 1.82) is 0 Å². The molecule has 1 saturated carbocycles. The molecule has 0 heterocycles. The van der Waals surface area contributed by atoms with Crippen LogP contribution in [0.5, 0.6) is 0 Å². The number of carbonyl (C=O) groups excluding carboxylic acids is 3. The van der Waals surface area contributed by atoms with Gasteiger partial charge in [-0.05, 0) is 59.2 Å². The molecule has 0 saturated heterocycles. The second kappa shape index (κ2) is 14.1. The molecule has 19 heteroatoms. The molecule has 1 aliphatic rings. The van der Waals surface area contributed by atoms with Crippen LogP contribution in [-0.2, 0) is 20.8 Å². The van der Waals surface area contributed by atoms with Crippen LogP contribution in [0.1, 0.15) is 21.8 Å². The first-order valence-corrected chi connectivity index (χ1v) is 16.2. The smallest absolute Gasteiger partial charge is 0.433 e. The highest BCUT2D eigenvalue weighted by molar-refractivity contribution is 7.92. The summed E-state index contributed by atoms with van der Waals surface area (Å²) in [5, 5.41) is 6.63. The summed E-state index contributed by atoms with van der Waals surface area (Å²) < 4.78 is 76.5. The largest absolute Gasteiger partial charge is 0.616 e. The molecule has 0 aliphatic heterocycles. The van der Waals surface area contributed by atoms with E-state index in [1.807, 2.05) is 0 Å². The Hall–Kier alpha value is -2.23. The molecule has 1 aliphatic carbocycles. The van der Waals surface area contributed by atoms with Gasteiger partial charge < -0.3 is 20.5 Å². The highest BCUT2D eigenvalue weighted by Gasteiger charge is 2.67. The third-order valence-electron chi connectivity index (χ3n) is 6.40. The predicted octanol–water partition coefficient (Wildman–Crippen LogP) is 8.61.